The molecule has 0 saturated carbocycles. The first-order chi connectivity index (χ1) is 13.8. The molecule has 0 aliphatic carbocycles. The quantitative estimate of drug-likeness (QED) is 0.557. The first-order valence-electron chi connectivity index (χ1n) is 9.58. The van der Waals surface area contributed by atoms with Gasteiger partial charge in [-0.1, -0.05) is 30.3 Å². The standard InChI is InChI=1S/C22H25NO5S/c1-4-27-22(24)21-16(3)19-14-18(12-13-20(19)28-21)29(25,26)23-15(2)10-11-17-8-6-5-7-9-17/h5-9,12-15,23H,4,10-11H2,1-3H3. The van der Waals surface area contributed by atoms with Crippen LogP contribution in [0, 0.1) is 6.92 Å². The number of rotatable bonds is 8. The van der Waals surface area contributed by atoms with Crippen molar-refractivity contribution in [2.24, 2.45) is 0 Å². The minimum absolute atomic E-state index is 0.0978. The molecule has 7 heteroatoms. The number of nitrogens with one attached hydrogen (secondary N) is 1. The van der Waals surface area contributed by atoms with Gasteiger partial charge in [-0.25, -0.2) is 17.9 Å². The zero-order chi connectivity index (χ0) is 21.0. The third-order valence-corrected chi connectivity index (χ3v) is 6.33. The van der Waals surface area contributed by atoms with Gasteiger partial charge in [-0.15, -0.1) is 0 Å². The maximum atomic E-state index is 12.8. The number of hydrogen-bond donors (Lipinski definition) is 1. The minimum atomic E-state index is -3.70. The van der Waals surface area contributed by atoms with Gasteiger partial charge >= 0.3 is 5.97 Å². The molecule has 0 aliphatic rings. The summed E-state index contributed by atoms with van der Waals surface area (Å²) in [6, 6.07) is 14.3. The summed E-state index contributed by atoms with van der Waals surface area (Å²) in [6.45, 7) is 5.51. The van der Waals surface area contributed by atoms with Crippen molar-refractivity contribution in [3.8, 4) is 0 Å². The van der Waals surface area contributed by atoms with Gasteiger partial charge in [0.15, 0.2) is 0 Å². The van der Waals surface area contributed by atoms with Crippen molar-refractivity contribution >= 4 is 27.0 Å². The molecule has 1 unspecified atom stereocenters. The summed E-state index contributed by atoms with van der Waals surface area (Å²) in [5, 5.41) is 0.577. The van der Waals surface area contributed by atoms with Crippen LogP contribution in [0.25, 0.3) is 11.0 Å². The van der Waals surface area contributed by atoms with E-state index in [1.54, 1.807) is 19.9 Å². The van der Waals surface area contributed by atoms with Gasteiger partial charge in [0.2, 0.25) is 15.8 Å². The monoisotopic (exact) mass is 415 g/mol. The largest absolute Gasteiger partial charge is 0.460 e. The molecule has 6 nitrogen and oxygen atoms in total. The van der Waals surface area contributed by atoms with Gasteiger partial charge in [0.1, 0.15) is 5.58 Å². The second kappa shape index (κ2) is 8.80. The Labute approximate surface area is 170 Å². The lowest BCUT2D eigenvalue weighted by atomic mass is 10.1. The Bertz CT molecular complexity index is 1100. The molecule has 0 bridgehead atoms. The molecular weight excluding hydrogens is 390 g/mol. The van der Waals surface area contributed by atoms with Gasteiger partial charge in [0.05, 0.1) is 11.5 Å². The van der Waals surface area contributed by atoms with Gasteiger partial charge in [-0.3, -0.25) is 0 Å². The predicted octanol–water partition coefficient (Wildman–Crippen LogP) is 4.22. The van der Waals surface area contributed by atoms with E-state index in [9.17, 15) is 13.2 Å². The lowest BCUT2D eigenvalue weighted by Crippen LogP contribution is -2.32. The highest BCUT2D eigenvalue weighted by Gasteiger charge is 2.22. The number of fused-ring (bicyclic) bond motifs is 1. The van der Waals surface area contributed by atoms with Crippen molar-refractivity contribution in [3.63, 3.8) is 0 Å². The average Bonchev–Trinajstić information content (AvgIpc) is 3.03. The van der Waals surface area contributed by atoms with E-state index in [2.05, 4.69) is 4.72 Å². The third-order valence-electron chi connectivity index (χ3n) is 4.74. The lowest BCUT2D eigenvalue weighted by Gasteiger charge is -2.14. The molecule has 1 aromatic heterocycles. The molecule has 0 aliphatic heterocycles. The highest BCUT2D eigenvalue weighted by molar-refractivity contribution is 7.89. The maximum absolute atomic E-state index is 12.8. The van der Waals surface area contributed by atoms with E-state index in [0.717, 1.165) is 6.42 Å². The van der Waals surface area contributed by atoms with Crippen LogP contribution >= 0.6 is 0 Å². The molecule has 0 saturated heterocycles. The summed E-state index contributed by atoms with van der Waals surface area (Å²) in [5.41, 5.74) is 2.18. The highest BCUT2D eigenvalue weighted by atomic mass is 32.2. The van der Waals surface area contributed by atoms with E-state index < -0.39 is 16.0 Å². The summed E-state index contributed by atoms with van der Waals surface area (Å²) >= 11 is 0. The number of carbonyl (C=O) groups is 1. The Balaban J connectivity index is 1.77. The van der Waals surface area contributed by atoms with Crippen LogP contribution in [0.3, 0.4) is 0 Å². The molecule has 1 atom stereocenters. The van der Waals surface area contributed by atoms with E-state index >= 15 is 0 Å². The van der Waals surface area contributed by atoms with Crippen LogP contribution in [0.5, 0.6) is 0 Å². The third kappa shape index (κ3) is 4.86. The second-order valence-corrected chi connectivity index (χ2v) is 8.70. The maximum Gasteiger partial charge on any atom is 0.374 e. The number of carbonyl (C=O) groups excluding carboxylic acids is 1. The van der Waals surface area contributed by atoms with Gasteiger partial charge in [0, 0.05) is 17.0 Å². The molecule has 2 aromatic carbocycles. The second-order valence-electron chi connectivity index (χ2n) is 6.98. The van der Waals surface area contributed by atoms with E-state index in [-0.39, 0.29) is 23.3 Å². The van der Waals surface area contributed by atoms with Gasteiger partial charge < -0.3 is 9.15 Å². The summed E-state index contributed by atoms with van der Waals surface area (Å²) in [5.74, 6) is -0.459. The van der Waals surface area contributed by atoms with Crippen LogP contribution in [0.4, 0.5) is 0 Å². The number of sulfonamides is 1. The molecule has 0 spiro atoms. The molecule has 3 rings (SSSR count). The van der Waals surface area contributed by atoms with E-state index in [1.807, 2.05) is 37.3 Å². The van der Waals surface area contributed by atoms with Crippen LogP contribution in [0.2, 0.25) is 0 Å². The van der Waals surface area contributed by atoms with Crippen molar-refractivity contribution < 1.29 is 22.4 Å². The van der Waals surface area contributed by atoms with Crippen LogP contribution in [0.15, 0.2) is 57.8 Å². The van der Waals surface area contributed by atoms with Crippen molar-refractivity contribution in [2.75, 3.05) is 6.61 Å². The SMILES string of the molecule is CCOC(=O)c1oc2ccc(S(=O)(=O)NC(C)CCc3ccccc3)cc2c1C. The van der Waals surface area contributed by atoms with Gasteiger partial charge in [-0.05, 0) is 57.4 Å². The van der Waals surface area contributed by atoms with Crippen LogP contribution in [0.1, 0.15) is 41.9 Å². The van der Waals surface area contributed by atoms with E-state index in [0.29, 0.717) is 23.0 Å². The molecule has 29 heavy (non-hydrogen) atoms. The van der Waals surface area contributed by atoms with Crippen molar-refractivity contribution in [2.45, 2.75) is 44.6 Å². The summed E-state index contributed by atoms with van der Waals surface area (Å²) in [6.07, 6.45) is 1.47. The normalized spacial score (nSPS) is 12.8. The molecule has 1 N–H and O–H groups in total. The van der Waals surface area contributed by atoms with Crippen molar-refractivity contribution in [1.82, 2.24) is 4.72 Å². The first kappa shape index (κ1) is 21.1. The number of aryl methyl sites for hydroxylation is 2. The minimum Gasteiger partial charge on any atom is -0.460 e. The average molecular weight is 416 g/mol. The molecule has 154 valence electrons. The van der Waals surface area contributed by atoms with Crippen LogP contribution < -0.4 is 4.72 Å². The topological polar surface area (TPSA) is 85.6 Å². The smallest absolute Gasteiger partial charge is 0.374 e. The molecule has 3 aromatic rings. The Hall–Kier alpha value is -2.64. The molecular formula is C22H25NO5S. The zero-order valence-electron chi connectivity index (χ0n) is 16.8. The zero-order valence-corrected chi connectivity index (χ0v) is 17.6. The summed E-state index contributed by atoms with van der Waals surface area (Å²) < 4.78 is 38.9. The number of hydrogen-bond acceptors (Lipinski definition) is 5. The van der Waals surface area contributed by atoms with Crippen LogP contribution in [-0.4, -0.2) is 27.0 Å². The van der Waals surface area contributed by atoms with E-state index in [4.69, 9.17) is 9.15 Å². The Morgan fingerprint density at radius 2 is 1.90 bits per heavy atom. The fraction of sp³-hybridized carbons (Fsp3) is 0.318. The Morgan fingerprint density at radius 1 is 1.17 bits per heavy atom. The Morgan fingerprint density at radius 3 is 2.59 bits per heavy atom. The number of furan rings is 1. The lowest BCUT2D eigenvalue weighted by molar-refractivity contribution is 0.0491. The fourth-order valence-electron chi connectivity index (χ4n) is 3.18. The number of ether oxygens (including phenoxy) is 1. The molecule has 0 radical (unpaired) electrons. The fourth-order valence-corrected chi connectivity index (χ4v) is 4.48. The number of benzene rings is 2. The van der Waals surface area contributed by atoms with Gasteiger partial charge in [0.25, 0.3) is 0 Å². The molecule has 0 fully saturated rings. The van der Waals surface area contributed by atoms with Crippen molar-refractivity contribution in [3.05, 3.63) is 65.4 Å². The van der Waals surface area contributed by atoms with Gasteiger partial charge in [-0.2, -0.15) is 0 Å². The first-order valence-corrected chi connectivity index (χ1v) is 11.1. The Kier molecular flexibility index (Phi) is 6.39. The molecule has 0 amide bonds. The highest BCUT2D eigenvalue weighted by Crippen LogP contribution is 2.28. The van der Waals surface area contributed by atoms with Crippen molar-refractivity contribution in [1.29, 1.82) is 0 Å². The summed E-state index contributed by atoms with van der Waals surface area (Å²) in [7, 11) is -3.70. The number of esters is 1. The van der Waals surface area contributed by atoms with E-state index in [1.165, 1.54) is 17.7 Å². The molecule has 1 heterocycles. The predicted molar refractivity (Wildman–Crippen MR) is 111 cm³/mol. The van der Waals surface area contributed by atoms with Crippen LogP contribution in [-0.2, 0) is 21.2 Å². The summed E-state index contributed by atoms with van der Waals surface area (Å²) in [4.78, 5) is 12.1.